The van der Waals surface area contributed by atoms with Crippen molar-refractivity contribution in [1.82, 2.24) is 0 Å². The van der Waals surface area contributed by atoms with Crippen LogP contribution in [-0.4, -0.2) is 38.6 Å². The molecule has 0 aliphatic carbocycles. The fraction of sp³-hybridized carbons (Fsp3) is 0.200. The Kier molecular flexibility index (Phi) is 5.94. The molecular formula is C25H24O4. The summed E-state index contributed by atoms with van der Waals surface area (Å²) in [5.74, 6) is 1.51. The molecule has 148 valence electrons. The topological polar surface area (TPSA) is 47.9 Å². The molecule has 0 atom stereocenters. The van der Waals surface area contributed by atoms with Crippen LogP contribution in [0.5, 0.6) is 11.5 Å². The zero-order valence-corrected chi connectivity index (χ0v) is 16.4. The first-order valence-electron chi connectivity index (χ1n) is 9.72. The van der Waals surface area contributed by atoms with Crippen molar-refractivity contribution in [2.24, 2.45) is 0 Å². The zero-order valence-electron chi connectivity index (χ0n) is 16.4. The molecule has 4 nitrogen and oxygen atoms in total. The Morgan fingerprint density at radius 3 is 1.66 bits per heavy atom. The van der Waals surface area contributed by atoms with E-state index in [-0.39, 0.29) is 13.2 Å². The van der Waals surface area contributed by atoms with Crippen molar-refractivity contribution < 1.29 is 19.3 Å². The highest BCUT2D eigenvalue weighted by Crippen LogP contribution is 2.45. The molecule has 0 unspecified atom stereocenters. The van der Waals surface area contributed by atoms with Gasteiger partial charge in [0.15, 0.2) is 0 Å². The molecule has 0 aromatic heterocycles. The van der Waals surface area contributed by atoms with Gasteiger partial charge < -0.3 is 19.3 Å². The van der Waals surface area contributed by atoms with Crippen LogP contribution in [0.1, 0.15) is 0 Å². The van der Waals surface area contributed by atoms with Gasteiger partial charge in [-0.2, -0.15) is 0 Å². The van der Waals surface area contributed by atoms with Crippen molar-refractivity contribution in [2.75, 3.05) is 33.5 Å². The lowest BCUT2D eigenvalue weighted by Gasteiger charge is -2.19. The van der Waals surface area contributed by atoms with E-state index in [0.717, 1.165) is 44.2 Å². The summed E-state index contributed by atoms with van der Waals surface area (Å²) < 4.78 is 17.2. The van der Waals surface area contributed by atoms with E-state index < -0.39 is 0 Å². The quantitative estimate of drug-likeness (QED) is 0.429. The third-order valence-electron chi connectivity index (χ3n) is 4.93. The number of rotatable bonds is 8. The Morgan fingerprint density at radius 2 is 1.14 bits per heavy atom. The molecule has 0 saturated carbocycles. The summed E-state index contributed by atoms with van der Waals surface area (Å²) in [7, 11) is 1.66. The predicted molar refractivity (Wildman–Crippen MR) is 117 cm³/mol. The second-order valence-electron chi connectivity index (χ2n) is 6.73. The molecule has 0 aliphatic heterocycles. The first-order chi connectivity index (χ1) is 14.3. The SMILES string of the molecule is COCCOc1ccc2ccccc2c1-c1c(OCCO)ccc2ccccc12. The fourth-order valence-electron chi connectivity index (χ4n) is 3.65. The lowest BCUT2D eigenvalue weighted by Crippen LogP contribution is -2.06. The number of fused-ring (bicyclic) bond motifs is 2. The normalized spacial score (nSPS) is 11.1. The number of benzene rings is 4. The van der Waals surface area contributed by atoms with E-state index in [1.807, 2.05) is 42.5 Å². The third kappa shape index (κ3) is 3.90. The average Bonchev–Trinajstić information content (AvgIpc) is 2.77. The Hall–Kier alpha value is -3.08. The first kappa shape index (κ1) is 19.2. The van der Waals surface area contributed by atoms with Crippen molar-refractivity contribution in [3.05, 3.63) is 72.8 Å². The molecule has 0 radical (unpaired) electrons. The summed E-state index contributed by atoms with van der Waals surface area (Å²) in [5.41, 5.74) is 1.96. The molecular weight excluding hydrogens is 364 g/mol. The van der Waals surface area contributed by atoms with Crippen LogP contribution in [0.25, 0.3) is 32.7 Å². The number of aliphatic hydroxyl groups excluding tert-OH is 1. The molecule has 0 heterocycles. The number of hydrogen-bond acceptors (Lipinski definition) is 4. The van der Waals surface area contributed by atoms with Crippen LogP contribution in [0.2, 0.25) is 0 Å². The van der Waals surface area contributed by atoms with Crippen LogP contribution >= 0.6 is 0 Å². The summed E-state index contributed by atoms with van der Waals surface area (Å²) >= 11 is 0. The monoisotopic (exact) mass is 388 g/mol. The zero-order chi connectivity index (χ0) is 20.1. The Labute approximate surface area is 170 Å². The van der Waals surface area contributed by atoms with Gasteiger partial charge in [-0.05, 0) is 33.7 Å². The van der Waals surface area contributed by atoms with E-state index in [0.29, 0.717) is 13.2 Å². The van der Waals surface area contributed by atoms with Crippen molar-refractivity contribution in [1.29, 1.82) is 0 Å². The first-order valence-corrected chi connectivity index (χ1v) is 9.72. The maximum atomic E-state index is 9.31. The number of methoxy groups -OCH3 is 1. The maximum Gasteiger partial charge on any atom is 0.128 e. The summed E-state index contributed by atoms with van der Waals surface area (Å²) in [5, 5.41) is 13.7. The number of ether oxygens (including phenoxy) is 3. The standard InChI is InChI=1S/C25H24O4/c1-27-16-17-29-23-13-11-19-7-3-5-9-21(19)25(23)24-20-8-4-2-6-18(20)10-12-22(24)28-15-14-26/h2-13,26H,14-17H2,1H3. The van der Waals surface area contributed by atoms with Gasteiger partial charge in [0.1, 0.15) is 24.7 Å². The van der Waals surface area contributed by atoms with Gasteiger partial charge in [-0.1, -0.05) is 60.7 Å². The molecule has 0 aliphatic rings. The van der Waals surface area contributed by atoms with Gasteiger partial charge >= 0.3 is 0 Å². The van der Waals surface area contributed by atoms with E-state index >= 15 is 0 Å². The van der Waals surface area contributed by atoms with E-state index in [2.05, 4.69) is 30.3 Å². The van der Waals surface area contributed by atoms with E-state index in [4.69, 9.17) is 14.2 Å². The van der Waals surface area contributed by atoms with Gasteiger partial charge in [-0.15, -0.1) is 0 Å². The van der Waals surface area contributed by atoms with Crippen LogP contribution in [-0.2, 0) is 4.74 Å². The smallest absolute Gasteiger partial charge is 0.128 e. The van der Waals surface area contributed by atoms with Crippen molar-refractivity contribution >= 4 is 21.5 Å². The molecule has 4 heteroatoms. The van der Waals surface area contributed by atoms with Gasteiger partial charge in [0.05, 0.1) is 13.2 Å². The Morgan fingerprint density at radius 1 is 0.621 bits per heavy atom. The Bertz CT molecular complexity index is 1120. The second kappa shape index (κ2) is 8.95. The van der Waals surface area contributed by atoms with E-state index in [9.17, 15) is 5.11 Å². The van der Waals surface area contributed by atoms with E-state index in [1.165, 1.54) is 0 Å². The molecule has 0 saturated heterocycles. The largest absolute Gasteiger partial charge is 0.491 e. The molecule has 1 N–H and O–H groups in total. The van der Waals surface area contributed by atoms with Crippen molar-refractivity contribution in [3.8, 4) is 22.6 Å². The van der Waals surface area contributed by atoms with Gasteiger partial charge in [0.25, 0.3) is 0 Å². The van der Waals surface area contributed by atoms with Crippen molar-refractivity contribution in [2.45, 2.75) is 0 Å². The molecule has 0 spiro atoms. The molecule has 4 aromatic carbocycles. The minimum absolute atomic E-state index is 0.0427. The van der Waals surface area contributed by atoms with Crippen molar-refractivity contribution in [3.63, 3.8) is 0 Å². The Balaban J connectivity index is 2.02. The molecule has 0 amide bonds. The molecule has 0 fully saturated rings. The van der Waals surface area contributed by atoms with Gasteiger partial charge in [0.2, 0.25) is 0 Å². The summed E-state index contributed by atoms with van der Waals surface area (Å²) in [4.78, 5) is 0. The molecule has 4 aromatic rings. The summed E-state index contributed by atoms with van der Waals surface area (Å²) in [6.45, 7) is 1.16. The minimum atomic E-state index is -0.0427. The summed E-state index contributed by atoms with van der Waals surface area (Å²) in [6.07, 6.45) is 0. The highest BCUT2D eigenvalue weighted by atomic mass is 16.5. The second-order valence-corrected chi connectivity index (χ2v) is 6.73. The van der Waals surface area contributed by atoms with Gasteiger partial charge in [-0.3, -0.25) is 0 Å². The average molecular weight is 388 g/mol. The highest BCUT2D eigenvalue weighted by molar-refractivity contribution is 6.09. The predicted octanol–water partition coefficient (Wildman–Crippen LogP) is 5.06. The van der Waals surface area contributed by atoms with Crippen LogP contribution in [0, 0.1) is 0 Å². The van der Waals surface area contributed by atoms with E-state index in [1.54, 1.807) is 7.11 Å². The maximum absolute atomic E-state index is 9.31. The van der Waals surface area contributed by atoms with Gasteiger partial charge in [-0.25, -0.2) is 0 Å². The van der Waals surface area contributed by atoms with Gasteiger partial charge in [0, 0.05) is 18.2 Å². The van der Waals surface area contributed by atoms with Crippen LogP contribution in [0.4, 0.5) is 0 Å². The highest BCUT2D eigenvalue weighted by Gasteiger charge is 2.18. The van der Waals surface area contributed by atoms with Crippen LogP contribution in [0.3, 0.4) is 0 Å². The fourth-order valence-corrected chi connectivity index (χ4v) is 3.65. The molecule has 29 heavy (non-hydrogen) atoms. The van der Waals surface area contributed by atoms with Crippen LogP contribution in [0.15, 0.2) is 72.8 Å². The lowest BCUT2D eigenvalue weighted by molar-refractivity contribution is 0.146. The lowest BCUT2D eigenvalue weighted by atomic mass is 9.92. The number of aliphatic hydroxyl groups is 1. The molecule has 4 rings (SSSR count). The minimum Gasteiger partial charge on any atom is -0.491 e. The number of hydrogen-bond donors (Lipinski definition) is 1. The molecule has 0 bridgehead atoms. The van der Waals surface area contributed by atoms with Crippen LogP contribution < -0.4 is 9.47 Å². The third-order valence-corrected chi connectivity index (χ3v) is 4.93. The summed E-state index contributed by atoms with van der Waals surface area (Å²) in [6, 6.07) is 24.6.